The molecule has 8 heteroatoms. The van der Waals surface area contributed by atoms with Gasteiger partial charge in [-0.15, -0.1) is 0 Å². The number of hydrogen-bond acceptors (Lipinski definition) is 6. The number of benzene rings is 2. The number of pyridine rings is 1. The molecule has 1 aliphatic heterocycles. The Labute approximate surface area is 200 Å². The van der Waals surface area contributed by atoms with Crippen LogP contribution in [0.1, 0.15) is 38.3 Å². The van der Waals surface area contributed by atoms with Crippen molar-refractivity contribution in [2.45, 2.75) is 25.2 Å². The SMILES string of the molecule is Cc1cccc(C(=O)c2cc(Nc3ccc4c(c3)CC3(C4)C(=O)Nc4ncccc43)ncn2)c1F. The van der Waals surface area contributed by atoms with Gasteiger partial charge in [0.25, 0.3) is 0 Å². The molecule has 1 atom stereocenters. The molecule has 3 heterocycles. The molecular formula is C27H20FN5O2. The molecule has 1 unspecified atom stereocenters. The van der Waals surface area contributed by atoms with E-state index >= 15 is 0 Å². The summed E-state index contributed by atoms with van der Waals surface area (Å²) in [5.74, 6) is -0.0404. The lowest BCUT2D eigenvalue weighted by Gasteiger charge is -2.20. The Kier molecular flexibility index (Phi) is 4.70. The van der Waals surface area contributed by atoms with Gasteiger partial charge in [-0.05, 0) is 60.7 Å². The number of rotatable bonds is 4. The zero-order valence-electron chi connectivity index (χ0n) is 18.8. The van der Waals surface area contributed by atoms with E-state index in [1.807, 2.05) is 30.3 Å². The zero-order chi connectivity index (χ0) is 24.2. The number of halogens is 1. The Morgan fingerprint density at radius 3 is 2.77 bits per heavy atom. The molecule has 1 aliphatic carbocycles. The van der Waals surface area contributed by atoms with E-state index in [1.54, 1.807) is 25.3 Å². The van der Waals surface area contributed by atoms with Gasteiger partial charge in [0.05, 0.1) is 11.0 Å². The predicted molar refractivity (Wildman–Crippen MR) is 128 cm³/mol. The highest BCUT2D eigenvalue weighted by Gasteiger charge is 2.51. The second-order valence-electron chi connectivity index (χ2n) is 8.95. The second kappa shape index (κ2) is 7.80. The monoisotopic (exact) mass is 465 g/mol. The van der Waals surface area contributed by atoms with Gasteiger partial charge in [-0.3, -0.25) is 9.59 Å². The highest BCUT2D eigenvalue weighted by atomic mass is 19.1. The number of carbonyl (C=O) groups excluding carboxylic acids is 2. The first kappa shape index (κ1) is 21.1. The van der Waals surface area contributed by atoms with Crippen LogP contribution in [-0.4, -0.2) is 26.6 Å². The van der Waals surface area contributed by atoms with Crippen LogP contribution in [0.15, 0.2) is 67.1 Å². The van der Waals surface area contributed by atoms with E-state index in [1.165, 1.54) is 18.5 Å². The number of hydrogen-bond donors (Lipinski definition) is 2. The van der Waals surface area contributed by atoms with Crippen molar-refractivity contribution in [1.82, 2.24) is 15.0 Å². The molecule has 0 bridgehead atoms. The average molecular weight is 465 g/mol. The number of nitrogens with zero attached hydrogens (tertiary/aromatic N) is 3. The van der Waals surface area contributed by atoms with E-state index in [0.717, 1.165) is 22.4 Å². The fourth-order valence-corrected chi connectivity index (χ4v) is 5.00. The minimum Gasteiger partial charge on any atom is -0.340 e. The smallest absolute Gasteiger partial charge is 0.237 e. The third-order valence-corrected chi connectivity index (χ3v) is 6.79. The van der Waals surface area contributed by atoms with Gasteiger partial charge >= 0.3 is 0 Å². The van der Waals surface area contributed by atoms with Crippen LogP contribution in [0.25, 0.3) is 0 Å². The average Bonchev–Trinajstić information content (AvgIpc) is 3.38. The van der Waals surface area contributed by atoms with E-state index in [9.17, 15) is 14.0 Å². The first-order chi connectivity index (χ1) is 16.9. The summed E-state index contributed by atoms with van der Waals surface area (Å²) in [5.41, 5.74) is 3.69. The lowest BCUT2D eigenvalue weighted by molar-refractivity contribution is -0.120. The lowest BCUT2D eigenvalue weighted by atomic mass is 9.79. The quantitative estimate of drug-likeness (QED) is 0.437. The zero-order valence-corrected chi connectivity index (χ0v) is 18.8. The highest BCUT2D eigenvalue weighted by molar-refractivity contribution is 6.08. The molecule has 4 aromatic rings. The Morgan fingerprint density at radius 2 is 1.89 bits per heavy atom. The maximum absolute atomic E-state index is 14.4. The van der Waals surface area contributed by atoms with E-state index in [2.05, 4.69) is 25.6 Å². The summed E-state index contributed by atoms with van der Waals surface area (Å²) < 4.78 is 14.4. The van der Waals surface area contributed by atoms with Crippen molar-refractivity contribution in [3.8, 4) is 0 Å². The predicted octanol–water partition coefficient (Wildman–Crippen LogP) is 4.28. The van der Waals surface area contributed by atoms with Crippen molar-refractivity contribution < 1.29 is 14.0 Å². The number of ketones is 1. The first-order valence-corrected chi connectivity index (χ1v) is 11.2. The van der Waals surface area contributed by atoms with Gasteiger partial charge in [0.2, 0.25) is 11.7 Å². The molecule has 2 aromatic carbocycles. The molecule has 2 N–H and O–H groups in total. The van der Waals surface area contributed by atoms with E-state index in [0.29, 0.717) is 30.0 Å². The van der Waals surface area contributed by atoms with Gasteiger partial charge in [-0.1, -0.05) is 24.3 Å². The standard InChI is InChI=1S/C27H20FN5O2/c1-15-4-2-5-19(23(15)28)24(34)21-11-22(31-14-30-21)32-18-8-7-16-12-27(13-17(16)10-18)20-6-3-9-29-25(20)33-26(27)35/h2-11,14H,12-13H2,1H3,(H,29,33,35)(H,30,31,32). The minimum absolute atomic E-state index is 0.0258. The summed E-state index contributed by atoms with van der Waals surface area (Å²) in [6.07, 6.45) is 4.14. The molecule has 6 rings (SSSR count). The third-order valence-electron chi connectivity index (χ3n) is 6.79. The minimum atomic E-state index is -0.642. The summed E-state index contributed by atoms with van der Waals surface area (Å²) in [7, 11) is 0. The van der Waals surface area contributed by atoms with E-state index in [-0.39, 0.29) is 17.2 Å². The summed E-state index contributed by atoms with van der Waals surface area (Å²) in [5, 5.41) is 6.12. The topological polar surface area (TPSA) is 96.9 Å². The van der Waals surface area contributed by atoms with E-state index in [4.69, 9.17) is 0 Å². The number of nitrogens with one attached hydrogen (secondary N) is 2. The summed E-state index contributed by atoms with van der Waals surface area (Å²) in [4.78, 5) is 38.3. The normalized spacial score (nSPS) is 17.7. The number of fused-ring (bicyclic) bond motifs is 3. The lowest BCUT2D eigenvalue weighted by Crippen LogP contribution is -2.35. The molecule has 1 amide bonds. The first-order valence-electron chi connectivity index (χ1n) is 11.2. The van der Waals surface area contributed by atoms with Gasteiger partial charge < -0.3 is 10.6 Å². The fourth-order valence-electron chi connectivity index (χ4n) is 5.00. The van der Waals surface area contributed by atoms with Crippen LogP contribution in [-0.2, 0) is 23.1 Å². The van der Waals surface area contributed by atoms with Crippen LogP contribution < -0.4 is 10.6 Å². The molecule has 0 saturated heterocycles. The maximum atomic E-state index is 14.4. The van der Waals surface area contributed by atoms with Crippen molar-refractivity contribution in [3.05, 3.63) is 106 Å². The van der Waals surface area contributed by atoms with Gasteiger partial charge in [-0.2, -0.15) is 0 Å². The van der Waals surface area contributed by atoms with Crippen LogP contribution in [0.3, 0.4) is 0 Å². The van der Waals surface area contributed by atoms with Gasteiger partial charge in [0, 0.05) is 23.5 Å². The van der Waals surface area contributed by atoms with Crippen LogP contribution in [0, 0.1) is 12.7 Å². The van der Waals surface area contributed by atoms with Crippen molar-refractivity contribution in [2.24, 2.45) is 0 Å². The van der Waals surface area contributed by atoms with E-state index < -0.39 is 17.0 Å². The summed E-state index contributed by atoms with van der Waals surface area (Å²) in [6.45, 7) is 1.61. The van der Waals surface area contributed by atoms with Crippen LogP contribution in [0.4, 0.5) is 21.7 Å². The molecule has 2 aliphatic rings. The Bertz CT molecular complexity index is 1540. The molecule has 0 radical (unpaired) electrons. The number of aromatic nitrogens is 3. The highest BCUT2D eigenvalue weighted by Crippen LogP contribution is 2.47. The third kappa shape index (κ3) is 3.37. The van der Waals surface area contributed by atoms with Crippen molar-refractivity contribution in [1.29, 1.82) is 0 Å². The molecular weight excluding hydrogens is 445 g/mol. The second-order valence-corrected chi connectivity index (χ2v) is 8.95. The number of amides is 1. The largest absolute Gasteiger partial charge is 0.340 e. The Morgan fingerprint density at radius 1 is 1.03 bits per heavy atom. The van der Waals surface area contributed by atoms with Crippen molar-refractivity contribution >= 4 is 29.0 Å². The molecule has 2 aromatic heterocycles. The number of aryl methyl sites for hydroxylation is 1. The molecule has 0 saturated carbocycles. The maximum Gasteiger partial charge on any atom is 0.237 e. The van der Waals surface area contributed by atoms with Gasteiger partial charge in [0.15, 0.2) is 0 Å². The van der Waals surface area contributed by atoms with Gasteiger partial charge in [-0.25, -0.2) is 19.3 Å². The summed E-state index contributed by atoms with van der Waals surface area (Å²) in [6, 6.07) is 15.9. The van der Waals surface area contributed by atoms with Crippen LogP contribution in [0.5, 0.6) is 0 Å². The molecule has 0 fully saturated rings. The molecule has 35 heavy (non-hydrogen) atoms. The van der Waals surface area contributed by atoms with Crippen LogP contribution in [0.2, 0.25) is 0 Å². The Balaban J connectivity index is 1.26. The van der Waals surface area contributed by atoms with Gasteiger partial charge in [0.1, 0.15) is 29.5 Å². The molecule has 172 valence electrons. The number of carbonyl (C=O) groups is 2. The van der Waals surface area contributed by atoms with Crippen molar-refractivity contribution in [3.63, 3.8) is 0 Å². The van der Waals surface area contributed by atoms with Crippen molar-refractivity contribution in [2.75, 3.05) is 10.6 Å². The Hall–Kier alpha value is -4.46. The molecule has 1 spiro atoms. The summed E-state index contributed by atoms with van der Waals surface area (Å²) >= 11 is 0. The fraction of sp³-hybridized carbons (Fsp3) is 0.148. The van der Waals surface area contributed by atoms with Crippen LogP contribution >= 0.6 is 0 Å². The number of anilines is 3. The molecule has 7 nitrogen and oxygen atoms in total.